The molecule has 0 aromatic heterocycles. The second kappa shape index (κ2) is 10.2. The van der Waals surface area contributed by atoms with Crippen LogP contribution in [-0.2, 0) is 4.79 Å². The third-order valence-corrected chi connectivity index (χ3v) is 6.19. The molecule has 6 nitrogen and oxygen atoms in total. The lowest BCUT2D eigenvalue weighted by Crippen LogP contribution is -2.48. The first-order chi connectivity index (χ1) is 15.2. The SMILES string of the molecule is Cc1cc(C)c(NC(=O)CN(C)C(=O)c2ccc(N3CCN(C(C)C)CC3)cc2)c(C)c1. The van der Waals surface area contributed by atoms with Crippen molar-refractivity contribution in [1.29, 1.82) is 0 Å². The van der Waals surface area contributed by atoms with Crippen molar-refractivity contribution in [2.45, 2.75) is 40.7 Å². The number of hydrogen-bond donors (Lipinski definition) is 1. The molecule has 0 bridgehead atoms. The molecule has 3 rings (SSSR count). The highest BCUT2D eigenvalue weighted by molar-refractivity contribution is 6.00. The second-order valence-corrected chi connectivity index (χ2v) is 9.15. The number of nitrogens with one attached hydrogen (secondary N) is 1. The first-order valence-electron chi connectivity index (χ1n) is 11.4. The van der Waals surface area contributed by atoms with E-state index in [1.807, 2.05) is 57.2 Å². The highest BCUT2D eigenvalue weighted by Crippen LogP contribution is 2.22. The smallest absolute Gasteiger partial charge is 0.254 e. The van der Waals surface area contributed by atoms with E-state index in [1.54, 1.807) is 7.05 Å². The molecule has 2 aromatic rings. The van der Waals surface area contributed by atoms with Crippen LogP contribution in [0.3, 0.4) is 0 Å². The van der Waals surface area contributed by atoms with E-state index in [1.165, 1.54) is 4.90 Å². The maximum atomic E-state index is 12.8. The van der Waals surface area contributed by atoms with Gasteiger partial charge in [-0.15, -0.1) is 0 Å². The molecule has 1 fully saturated rings. The van der Waals surface area contributed by atoms with E-state index >= 15 is 0 Å². The van der Waals surface area contributed by atoms with Gasteiger partial charge in [0.15, 0.2) is 0 Å². The van der Waals surface area contributed by atoms with Gasteiger partial charge in [0.1, 0.15) is 0 Å². The van der Waals surface area contributed by atoms with Gasteiger partial charge in [-0.25, -0.2) is 0 Å². The summed E-state index contributed by atoms with van der Waals surface area (Å²) in [6.07, 6.45) is 0. The highest BCUT2D eigenvalue weighted by Gasteiger charge is 2.20. The predicted molar refractivity (Wildman–Crippen MR) is 132 cm³/mol. The first kappa shape index (κ1) is 23.8. The summed E-state index contributed by atoms with van der Waals surface area (Å²) in [7, 11) is 1.66. The van der Waals surface area contributed by atoms with Crippen molar-refractivity contribution in [3.63, 3.8) is 0 Å². The Kier molecular flexibility index (Phi) is 7.56. The molecule has 2 aromatic carbocycles. The summed E-state index contributed by atoms with van der Waals surface area (Å²) in [5, 5.41) is 2.96. The van der Waals surface area contributed by atoms with E-state index in [9.17, 15) is 9.59 Å². The van der Waals surface area contributed by atoms with Crippen LogP contribution in [0.4, 0.5) is 11.4 Å². The van der Waals surface area contributed by atoms with E-state index in [0.29, 0.717) is 11.6 Å². The number of carbonyl (C=O) groups excluding carboxylic acids is 2. The van der Waals surface area contributed by atoms with Crippen LogP contribution in [0.1, 0.15) is 40.9 Å². The zero-order chi connectivity index (χ0) is 23.4. The average Bonchev–Trinajstić information content (AvgIpc) is 2.76. The van der Waals surface area contributed by atoms with Crippen molar-refractivity contribution in [2.75, 3.05) is 50.0 Å². The maximum Gasteiger partial charge on any atom is 0.254 e. The van der Waals surface area contributed by atoms with Gasteiger partial charge in [-0.05, 0) is 70.0 Å². The maximum absolute atomic E-state index is 12.8. The molecule has 172 valence electrons. The number of rotatable bonds is 6. The van der Waals surface area contributed by atoms with Crippen molar-refractivity contribution < 1.29 is 9.59 Å². The molecule has 1 heterocycles. The molecule has 0 unspecified atom stereocenters. The topological polar surface area (TPSA) is 55.9 Å². The molecule has 1 aliphatic rings. The van der Waals surface area contributed by atoms with Gasteiger partial charge >= 0.3 is 0 Å². The molecular formula is C26H36N4O2. The summed E-state index contributed by atoms with van der Waals surface area (Å²) < 4.78 is 0. The molecule has 0 saturated carbocycles. The lowest BCUT2D eigenvalue weighted by molar-refractivity contribution is -0.116. The van der Waals surface area contributed by atoms with Crippen LogP contribution in [0.5, 0.6) is 0 Å². The number of piperazine rings is 1. The van der Waals surface area contributed by atoms with Crippen molar-refractivity contribution in [2.24, 2.45) is 0 Å². The molecule has 1 aliphatic heterocycles. The van der Waals surface area contributed by atoms with Crippen molar-refractivity contribution >= 4 is 23.2 Å². The summed E-state index contributed by atoms with van der Waals surface area (Å²) in [5.41, 5.74) is 5.76. The lowest BCUT2D eigenvalue weighted by atomic mass is 10.1. The van der Waals surface area contributed by atoms with E-state index in [0.717, 1.165) is 54.2 Å². The average molecular weight is 437 g/mol. The van der Waals surface area contributed by atoms with Crippen LogP contribution in [0.2, 0.25) is 0 Å². The van der Waals surface area contributed by atoms with E-state index < -0.39 is 0 Å². The Morgan fingerprint density at radius 3 is 2.06 bits per heavy atom. The lowest BCUT2D eigenvalue weighted by Gasteiger charge is -2.38. The van der Waals surface area contributed by atoms with Crippen LogP contribution in [0.25, 0.3) is 0 Å². The monoisotopic (exact) mass is 436 g/mol. The Balaban J connectivity index is 1.57. The number of aryl methyl sites for hydroxylation is 3. The minimum absolute atomic E-state index is 0.00447. The van der Waals surface area contributed by atoms with Crippen LogP contribution in [0, 0.1) is 20.8 Å². The summed E-state index contributed by atoms with van der Waals surface area (Å²) in [6, 6.07) is 12.4. The molecule has 0 spiro atoms. The Morgan fingerprint density at radius 2 is 1.53 bits per heavy atom. The number of hydrogen-bond acceptors (Lipinski definition) is 4. The van der Waals surface area contributed by atoms with Gasteiger partial charge in [0.05, 0.1) is 6.54 Å². The minimum atomic E-state index is -0.199. The Labute approximate surface area is 192 Å². The normalized spacial score (nSPS) is 14.5. The molecule has 6 heteroatoms. The Bertz CT molecular complexity index is 937. The molecule has 0 aliphatic carbocycles. The molecular weight excluding hydrogens is 400 g/mol. The standard InChI is InChI=1S/C26H36N4O2/c1-18(2)29-11-13-30(14-12-29)23-9-7-22(8-10-23)26(32)28(6)17-24(31)27-25-20(4)15-19(3)16-21(25)5/h7-10,15-16,18H,11-14,17H2,1-6H3,(H,27,31). The molecule has 2 amide bonds. The van der Waals surface area contributed by atoms with Gasteiger partial charge in [-0.2, -0.15) is 0 Å². The zero-order valence-corrected chi connectivity index (χ0v) is 20.2. The van der Waals surface area contributed by atoms with Gasteiger partial charge in [0.2, 0.25) is 5.91 Å². The molecule has 0 atom stereocenters. The van der Waals surface area contributed by atoms with Gasteiger partial charge in [-0.3, -0.25) is 14.5 Å². The zero-order valence-electron chi connectivity index (χ0n) is 20.2. The molecule has 0 radical (unpaired) electrons. The predicted octanol–water partition coefficient (Wildman–Crippen LogP) is 3.85. The van der Waals surface area contributed by atoms with Crippen molar-refractivity contribution in [3.8, 4) is 0 Å². The first-order valence-corrected chi connectivity index (χ1v) is 11.4. The number of nitrogens with zero attached hydrogens (tertiary/aromatic N) is 3. The Morgan fingerprint density at radius 1 is 0.969 bits per heavy atom. The number of anilines is 2. The van der Waals surface area contributed by atoms with Crippen molar-refractivity contribution in [1.82, 2.24) is 9.80 Å². The number of likely N-dealkylation sites (N-methyl/N-ethyl adjacent to an activating group) is 1. The minimum Gasteiger partial charge on any atom is -0.369 e. The molecule has 1 N–H and O–H groups in total. The molecule has 32 heavy (non-hydrogen) atoms. The van der Waals surface area contributed by atoms with Crippen molar-refractivity contribution in [3.05, 3.63) is 58.7 Å². The van der Waals surface area contributed by atoms with E-state index in [-0.39, 0.29) is 18.4 Å². The van der Waals surface area contributed by atoms with Crippen LogP contribution >= 0.6 is 0 Å². The fourth-order valence-corrected chi connectivity index (χ4v) is 4.38. The summed E-state index contributed by atoms with van der Waals surface area (Å²) in [5.74, 6) is -0.357. The summed E-state index contributed by atoms with van der Waals surface area (Å²) in [6.45, 7) is 14.5. The third kappa shape index (κ3) is 5.68. The van der Waals surface area contributed by atoms with Gasteiger partial charge in [0.25, 0.3) is 5.91 Å². The summed E-state index contributed by atoms with van der Waals surface area (Å²) in [4.78, 5) is 31.7. The largest absolute Gasteiger partial charge is 0.369 e. The van der Waals surface area contributed by atoms with Gasteiger partial charge in [0, 0.05) is 56.2 Å². The van der Waals surface area contributed by atoms with E-state index in [2.05, 4.69) is 29.0 Å². The van der Waals surface area contributed by atoms with Gasteiger partial charge in [-0.1, -0.05) is 17.7 Å². The molecule has 1 saturated heterocycles. The van der Waals surface area contributed by atoms with Crippen LogP contribution in [0.15, 0.2) is 36.4 Å². The van der Waals surface area contributed by atoms with Gasteiger partial charge < -0.3 is 15.1 Å². The van der Waals surface area contributed by atoms with Crippen LogP contribution in [-0.4, -0.2) is 67.4 Å². The fourth-order valence-electron chi connectivity index (χ4n) is 4.38. The Hall–Kier alpha value is -2.86. The van der Waals surface area contributed by atoms with Crippen LogP contribution < -0.4 is 10.2 Å². The quantitative estimate of drug-likeness (QED) is 0.747. The fraction of sp³-hybridized carbons (Fsp3) is 0.462. The highest BCUT2D eigenvalue weighted by atomic mass is 16.2. The van der Waals surface area contributed by atoms with E-state index in [4.69, 9.17) is 0 Å². The number of carbonyl (C=O) groups is 2. The second-order valence-electron chi connectivity index (χ2n) is 9.15. The number of benzene rings is 2. The number of amides is 2. The summed E-state index contributed by atoms with van der Waals surface area (Å²) >= 11 is 0. The third-order valence-electron chi connectivity index (χ3n) is 6.19.